The summed E-state index contributed by atoms with van der Waals surface area (Å²) in [6, 6.07) is 18.3. The van der Waals surface area contributed by atoms with Gasteiger partial charge in [0.05, 0.1) is 34.1 Å². The third-order valence-corrected chi connectivity index (χ3v) is 11.8. The van der Waals surface area contributed by atoms with E-state index in [2.05, 4.69) is 39.7 Å². The maximum atomic E-state index is 15.4. The Hall–Kier alpha value is -4.49. The summed E-state index contributed by atoms with van der Waals surface area (Å²) in [6.07, 6.45) is 3.32. The molecule has 2 aliphatic heterocycles. The predicted octanol–water partition coefficient (Wildman–Crippen LogP) is 6.53. The highest BCUT2D eigenvalue weighted by atomic mass is 19.1. The van der Waals surface area contributed by atoms with E-state index in [1.165, 1.54) is 18.5 Å². The van der Waals surface area contributed by atoms with Crippen LogP contribution in [0.3, 0.4) is 0 Å². The zero-order chi connectivity index (χ0) is 40.2. The summed E-state index contributed by atoms with van der Waals surface area (Å²) in [5.41, 5.74) is 3.03. The van der Waals surface area contributed by atoms with Gasteiger partial charge in [0.15, 0.2) is 0 Å². The van der Waals surface area contributed by atoms with E-state index in [4.69, 9.17) is 23.7 Å². The molecule has 2 fully saturated rings. The first kappa shape index (κ1) is 39.7. The Morgan fingerprint density at radius 2 is 1.23 bits per heavy atom. The maximum absolute atomic E-state index is 15.4. The second-order valence-electron chi connectivity index (χ2n) is 17.1. The number of nitrogens with zero attached hydrogens (tertiary/aromatic N) is 4. The van der Waals surface area contributed by atoms with Gasteiger partial charge in [-0.05, 0) is 109 Å². The topological polar surface area (TPSA) is 104 Å². The van der Waals surface area contributed by atoms with Crippen LogP contribution in [0.2, 0.25) is 0 Å². The van der Waals surface area contributed by atoms with Crippen molar-refractivity contribution in [1.29, 1.82) is 0 Å². The number of aromatic nitrogens is 4. The Morgan fingerprint density at radius 3 is 1.77 bits per heavy atom. The molecule has 2 N–H and O–H groups in total. The van der Waals surface area contributed by atoms with Gasteiger partial charge in [0.2, 0.25) is 0 Å². The number of hydrogen-bond acceptors (Lipinski definition) is 9. The van der Waals surface area contributed by atoms with Crippen molar-refractivity contribution in [3.63, 3.8) is 0 Å². The molecule has 0 radical (unpaired) electrons. The van der Waals surface area contributed by atoms with Gasteiger partial charge in [0.1, 0.15) is 36.9 Å². The maximum Gasteiger partial charge on any atom is 0.494 e. The molecule has 14 heteroatoms. The second-order valence-corrected chi connectivity index (χ2v) is 17.1. The molecule has 0 amide bonds. The van der Waals surface area contributed by atoms with Crippen LogP contribution >= 0.6 is 0 Å². The Balaban J connectivity index is 1.03. The first-order chi connectivity index (χ1) is 26.3. The van der Waals surface area contributed by atoms with Gasteiger partial charge in [0.25, 0.3) is 5.82 Å². The van der Waals surface area contributed by atoms with Crippen LogP contribution < -0.4 is 26.2 Å². The molecule has 1 atom stereocenters. The van der Waals surface area contributed by atoms with Crippen LogP contribution in [0.15, 0.2) is 73.2 Å². The Labute approximate surface area is 329 Å². The summed E-state index contributed by atoms with van der Waals surface area (Å²) in [5, 5.41) is 12.3. The minimum Gasteiger partial charge on any atom is -0.399 e. The quantitative estimate of drug-likeness (QED) is 0.115. The normalized spacial score (nSPS) is 18.7. The van der Waals surface area contributed by atoms with E-state index in [0.29, 0.717) is 34.4 Å². The number of hydrogen-bond donors (Lipinski definition) is 2. The van der Waals surface area contributed by atoms with Crippen LogP contribution in [0.1, 0.15) is 90.5 Å². The fourth-order valence-electron chi connectivity index (χ4n) is 6.75. The SMILES string of the molecule is Cc1cn[n+](CC(C)c2ccc3ncnc(NCc4ccc(B5OC(C)(C)C(C)(C)O5)cc4F)c3c2)c(NCc2ccc(B3OC(C)(C)C(C)(C)O3)cc2F)c1. The fourth-order valence-corrected chi connectivity index (χ4v) is 6.75. The van der Waals surface area contributed by atoms with Crippen LogP contribution in [0.4, 0.5) is 20.4 Å². The zero-order valence-electron chi connectivity index (χ0n) is 34.0. The van der Waals surface area contributed by atoms with Gasteiger partial charge >= 0.3 is 14.2 Å². The Morgan fingerprint density at radius 1 is 0.696 bits per heavy atom. The Kier molecular flexibility index (Phi) is 10.5. The monoisotopic (exact) mass is 763 g/mol. The molecule has 2 aliphatic rings. The van der Waals surface area contributed by atoms with Crippen molar-refractivity contribution in [2.75, 3.05) is 10.6 Å². The average molecular weight is 764 g/mol. The number of aryl methyl sites for hydroxylation is 1. The number of anilines is 2. The summed E-state index contributed by atoms with van der Waals surface area (Å²) in [4.78, 5) is 8.99. The van der Waals surface area contributed by atoms with E-state index in [1.807, 2.05) is 97.5 Å². The molecule has 0 saturated carbocycles. The minimum atomic E-state index is -0.641. The first-order valence-electron chi connectivity index (χ1n) is 19.2. The summed E-state index contributed by atoms with van der Waals surface area (Å²) in [6.45, 7) is 21.0. The molecule has 2 aromatic heterocycles. The molecule has 3 aromatic carbocycles. The molecular weight excluding hydrogens is 712 g/mol. The van der Waals surface area contributed by atoms with Crippen LogP contribution in [0.25, 0.3) is 10.9 Å². The molecule has 0 aliphatic carbocycles. The number of nitrogens with one attached hydrogen (secondary N) is 2. The van der Waals surface area contributed by atoms with Gasteiger partial charge in [-0.2, -0.15) is 0 Å². The molecule has 2 saturated heterocycles. The fraction of sp³-hybridized carbons (Fsp3) is 0.429. The van der Waals surface area contributed by atoms with E-state index in [0.717, 1.165) is 27.8 Å². The number of halogens is 2. The summed E-state index contributed by atoms with van der Waals surface area (Å²) >= 11 is 0. The molecule has 4 heterocycles. The molecule has 292 valence electrons. The highest BCUT2D eigenvalue weighted by Gasteiger charge is 2.53. The molecule has 0 spiro atoms. The van der Waals surface area contributed by atoms with Gasteiger partial charge in [-0.1, -0.05) is 42.4 Å². The number of benzene rings is 3. The standard InChI is InChI=1S/C42H50B2F2N6O4/c1-26-17-37(47-22-29-11-14-31(19-34(29)45)43-53-39(3,4)40(5,6)54-43)52(51-21-26)24-27(2)28-13-16-36-33(18-28)38(50-25-49-36)48-23-30-12-15-32(20-35(30)46)44-55-41(7,8)42(9,10)56-44/h11-21,25,27H,22-24H2,1-10H3,(H,48,49,50)/p+1. The summed E-state index contributed by atoms with van der Waals surface area (Å²) in [7, 11) is -1.28. The van der Waals surface area contributed by atoms with Crippen molar-refractivity contribution in [1.82, 2.24) is 15.1 Å². The van der Waals surface area contributed by atoms with Crippen LogP contribution in [-0.4, -0.2) is 51.7 Å². The largest absolute Gasteiger partial charge is 0.494 e. The lowest BCUT2D eigenvalue weighted by atomic mass is 9.78. The van der Waals surface area contributed by atoms with Gasteiger partial charge in [-0.25, -0.2) is 18.7 Å². The molecule has 56 heavy (non-hydrogen) atoms. The van der Waals surface area contributed by atoms with Crippen LogP contribution in [-0.2, 0) is 38.3 Å². The van der Waals surface area contributed by atoms with E-state index in [9.17, 15) is 0 Å². The van der Waals surface area contributed by atoms with Gasteiger partial charge < -0.3 is 23.9 Å². The predicted molar refractivity (Wildman–Crippen MR) is 216 cm³/mol. The lowest BCUT2D eigenvalue weighted by Crippen LogP contribution is -2.43. The van der Waals surface area contributed by atoms with E-state index >= 15 is 8.78 Å². The van der Waals surface area contributed by atoms with Crippen molar-refractivity contribution >= 4 is 47.7 Å². The highest BCUT2D eigenvalue weighted by molar-refractivity contribution is 6.62. The van der Waals surface area contributed by atoms with Gasteiger partial charge in [0, 0.05) is 35.0 Å². The van der Waals surface area contributed by atoms with E-state index < -0.39 is 36.6 Å². The van der Waals surface area contributed by atoms with Gasteiger partial charge in [-0.3, -0.25) is 5.32 Å². The second kappa shape index (κ2) is 14.8. The molecule has 10 nitrogen and oxygen atoms in total. The Bertz CT molecular complexity index is 2240. The molecular formula is C42H51B2F2N6O4+. The summed E-state index contributed by atoms with van der Waals surface area (Å²) in [5.74, 6) is 0.710. The average Bonchev–Trinajstić information content (AvgIpc) is 3.50. The molecule has 7 rings (SSSR count). The summed E-state index contributed by atoms with van der Waals surface area (Å²) < 4.78 is 57.2. The lowest BCUT2D eigenvalue weighted by Gasteiger charge is -2.32. The third kappa shape index (κ3) is 7.89. The smallest absolute Gasteiger partial charge is 0.399 e. The van der Waals surface area contributed by atoms with Crippen LogP contribution in [0, 0.1) is 18.6 Å². The van der Waals surface area contributed by atoms with Crippen molar-refractivity contribution in [2.24, 2.45) is 0 Å². The van der Waals surface area contributed by atoms with E-state index in [1.54, 1.807) is 12.1 Å². The highest BCUT2D eigenvalue weighted by Crippen LogP contribution is 2.38. The number of fused-ring (bicyclic) bond motifs is 1. The molecule has 0 bridgehead atoms. The third-order valence-electron chi connectivity index (χ3n) is 11.8. The minimum absolute atomic E-state index is 0.0316. The van der Waals surface area contributed by atoms with Crippen molar-refractivity contribution < 1.29 is 32.1 Å². The molecule has 1 unspecified atom stereocenters. The van der Waals surface area contributed by atoms with Crippen molar-refractivity contribution in [3.05, 3.63) is 107 Å². The molecule has 5 aromatic rings. The zero-order valence-corrected chi connectivity index (χ0v) is 34.0. The first-order valence-corrected chi connectivity index (χ1v) is 19.2. The van der Waals surface area contributed by atoms with Crippen molar-refractivity contribution in [2.45, 2.75) is 117 Å². The van der Waals surface area contributed by atoms with Crippen molar-refractivity contribution in [3.8, 4) is 0 Å². The van der Waals surface area contributed by atoms with Gasteiger partial charge in [-0.15, -0.1) is 4.68 Å². The number of rotatable bonds is 11. The lowest BCUT2D eigenvalue weighted by molar-refractivity contribution is -0.742. The van der Waals surface area contributed by atoms with E-state index in [-0.39, 0.29) is 30.6 Å². The van der Waals surface area contributed by atoms with Crippen LogP contribution in [0.5, 0.6) is 0 Å².